The van der Waals surface area contributed by atoms with Gasteiger partial charge in [0.1, 0.15) is 0 Å². The van der Waals surface area contributed by atoms with Gasteiger partial charge in [-0.3, -0.25) is 4.79 Å². The fraction of sp³-hybridized carbons (Fsp3) is 0.462. The molecular formula is C13H18BrN3O. The van der Waals surface area contributed by atoms with Crippen LogP contribution in [0.2, 0.25) is 0 Å². The lowest BCUT2D eigenvalue weighted by Gasteiger charge is -2.23. The molecule has 1 saturated heterocycles. The Labute approximate surface area is 115 Å². The van der Waals surface area contributed by atoms with E-state index in [0.717, 1.165) is 29.8 Å². The lowest BCUT2D eigenvalue weighted by atomic mass is 9.98. The standard InChI is InChI=1S/C13H18BrN3O/c14-10-1-2-12(11(7-10)13(15)18)17-8-9-3-5-16-6-4-9/h1-2,7,9,16-17H,3-6,8H2,(H2,15,18). The summed E-state index contributed by atoms with van der Waals surface area (Å²) < 4.78 is 0.865. The van der Waals surface area contributed by atoms with Gasteiger partial charge >= 0.3 is 0 Å². The van der Waals surface area contributed by atoms with Crippen molar-refractivity contribution >= 4 is 27.5 Å². The molecule has 1 aliphatic rings. The minimum Gasteiger partial charge on any atom is -0.384 e. The molecule has 0 spiro atoms. The van der Waals surface area contributed by atoms with Crippen LogP contribution in [0.3, 0.4) is 0 Å². The number of rotatable bonds is 4. The molecule has 4 nitrogen and oxygen atoms in total. The minimum atomic E-state index is -0.399. The van der Waals surface area contributed by atoms with Crippen molar-refractivity contribution < 1.29 is 4.79 Å². The van der Waals surface area contributed by atoms with Crippen molar-refractivity contribution in [3.05, 3.63) is 28.2 Å². The summed E-state index contributed by atoms with van der Waals surface area (Å²) in [6.45, 7) is 3.05. The molecule has 18 heavy (non-hydrogen) atoms. The van der Waals surface area contributed by atoms with E-state index in [0.29, 0.717) is 11.5 Å². The largest absolute Gasteiger partial charge is 0.384 e. The van der Waals surface area contributed by atoms with Gasteiger partial charge in [-0.05, 0) is 50.0 Å². The van der Waals surface area contributed by atoms with E-state index in [1.54, 1.807) is 6.07 Å². The molecule has 2 rings (SSSR count). The highest BCUT2D eigenvalue weighted by Gasteiger charge is 2.14. The zero-order valence-electron chi connectivity index (χ0n) is 10.2. The highest BCUT2D eigenvalue weighted by molar-refractivity contribution is 9.10. The number of benzene rings is 1. The summed E-state index contributed by atoms with van der Waals surface area (Å²) in [6, 6.07) is 5.57. The smallest absolute Gasteiger partial charge is 0.250 e. The zero-order chi connectivity index (χ0) is 13.0. The summed E-state index contributed by atoms with van der Waals surface area (Å²) in [7, 11) is 0. The van der Waals surface area contributed by atoms with Crippen LogP contribution in [0.4, 0.5) is 5.69 Å². The van der Waals surface area contributed by atoms with Crippen LogP contribution in [0.25, 0.3) is 0 Å². The first-order valence-electron chi connectivity index (χ1n) is 6.21. The Kier molecular flexibility index (Phi) is 4.60. The Hall–Kier alpha value is -1.07. The van der Waals surface area contributed by atoms with E-state index in [1.807, 2.05) is 12.1 Å². The molecule has 1 aromatic carbocycles. The highest BCUT2D eigenvalue weighted by atomic mass is 79.9. The Balaban J connectivity index is 2.01. The third kappa shape index (κ3) is 3.46. The second-order valence-corrected chi connectivity index (χ2v) is 5.54. The Morgan fingerprint density at radius 3 is 2.83 bits per heavy atom. The van der Waals surface area contributed by atoms with Crippen LogP contribution in [-0.4, -0.2) is 25.5 Å². The number of anilines is 1. The molecule has 0 radical (unpaired) electrons. The van der Waals surface area contributed by atoms with Crippen molar-refractivity contribution in [1.29, 1.82) is 0 Å². The molecule has 1 amide bonds. The van der Waals surface area contributed by atoms with Gasteiger partial charge in [0.25, 0.3) is 5.91 Å². The van der Waals surface area contributed by atoms with Gasteiger partial charge in [-0.1, -0.05) is 15.9 Å². The molecule has 0 unspecified atom stereocenters. The first kappa shape index (κ1) is 13.4. The molecule has 4 N–H and O–H groups in total. The van der Waals surface area contributed by atoms with Crippen molar-refractivity contribution in [1.82, 2.24) is 5.32 Å². The fourth-order valence-electron chi connectivity index (χ4n) is 2.21. The van der Waals surface area contributed by atoms with Crippen LogP contribution in [0.5, 0.6) is 0 Å². The molecule has 5 heteroatoms. The van der Waals surface area contributed by atoms with Gasteiger partial charge < -0.3 is 16.4 Å². The fourth-order valence-corrected chi connectivity index (χ4v) is 2.58. The number of piperidine rings is 1. The monoisotopic (exact) mass is 311 g/mol. The van der Waals surface area contributed by atoms with E-state index in [9.17, 15) is 4.79 Å². The lowest BCUT2D eigenvalue weighted by Crippen LogP contribution is -2.31. The zero-order valence-corrected chi connectivity index (χ0v) is 11.8. The van der Waals surface area contributed by atoms with Gasteiger partial charge in [0.2, 0.25) is 0 Å². The second-order valence-electron chi connectivity index (χ2n) is 4.63. The van der Waals surface area contributed by atoms with Crippen molar-refractivity contribution in [2.45, 2.75) is 12.8 Å². The summed E-state index contributed by atoms with van der Waals surface area (Å²) in [6.07, 6.45) is 2.35. The number of amides is 1. The third-order valence-electron chi connectivity index (χ3n) is 3.29. The molecule has 0 aromatic heterocycles. The summed E-state index contributed by atoms with van der Waals surface area (Å²) >= 11 is 3.35. The topological polar surface area (TPSA) is 67.2 Å². The lowest BCUT2D eigenvalue weighted by molar-refractivity contribution is 0.100. The summed E-state index contributed by atoms with van der Waals surface area (Å²) in [5, 5.41) is 6.68. The predicted molar refractivity (Wildman–Crippen MR) is 76.7 cm³/mol. The molecule has 0 saturated carbocycles. The summed E-state index contributed by atoms with van der Waals surface area (Å²) in [4.78, 5) is 11.4. The number of primary amides is 1. The van der Waals surface area contributed by atoms with Crippen LogP contribution in [0, 0.1) is 5.92 Å². The number of nitrogens with one attached hydrogen (secondary N) is 2. The van der Waals surface area contributed by atoms with E-state index in [4.69, 9.17) is 5.73 Å². The molecular weight excluding hydrogens is 294 g/mol. The highest BCUT2D eigenvalue weighted by Crippen LogP contribution is 2.22. The molecule has 1 fully saturated rings. The van der Waals surface area contributed by atoms with Crippen LogP contribution in [0.1, 0.15) is 23.2 Å². The number of halogens is 1. The van der Waals surface area contributed by atoms with E-state index >= 15 is 0 Å². The SMILES string of the molecule is NC(=O)c1cc(Br)ccc1NCC1CCNCC1. The van der Waals surface area contributed by atoms with Crippen molar-refractivity contribution in [3.8, 4) is 0 Å². The van der Waals surface area contributed by atoms with E-state index in [-0.39, 0.29) is 0 Å². The van der Waals surface area contributed by atoms with Gasteiger partial charge in [-0.2, -0.15) is 0 Å². The number of carbonyl (C=O) groups excluding carboxylic acids is 1. The first-order valence-corrected chi connectivity index (χ1v) is 7.00. The first-order chi connectivity index (χ1) is 8.66. The average Bonchev–Trinajstić information content (AvgIpc) is 2.38. The van der Waals surface area contributed by atoms with Gasteiger partial charge in [0, 0.05) is 16.7 Å². The van der Waals surface area contributed by atoms with Gasteiger partial charge in [-0.25, -0.2) is 0 Å². The van der Waals surface area contributed by atoms with Crippen LogP contribution in [0.15, 0.2) is 22.7 Å². The summed E-state index contributed by atoms with van der Waals surface area (Å²) in [5.41, 5.74) is 6.75. The maximum absolute atomic E-state index is 11.4. The van der Waals surface area contributed by atoms with Crippen LogP contribution < -0.4 is 16.4 Å². The van der Waals surface area contributed by atoms with Crippen LogP contribution >= 0.6 is 15.9 Å². The van der Waals surface area contributed by atoms with Gasteiger partial charge in [0.15, 0.2) is 0 Å². The molecule has 0 aliphatic carbocycles. The summed E-state index contributed by atoms with van der Waals surface area (Å²) in [5.74, 6) is 0.264. The molecule has 1 aromatic rings. The van der Waals surface area contributed by atoms with Crippen molar-refractivity contribution in [2.24, 2.45) is 11.7 Å². The maximum atomic E-state index is 11.4. The van der Waals surface area contributed by atoms with E-state index < -0.39 is 5.91 Å². The average molecular weight is 312 g/mol. The number of hydrogen-bond donors (Lipinski definition) is 3. The molecule has 98 valence electrons. The van der Waals surface area contributed by atoms with Crippen molar-refractivity contribution in [3.63, 3.8) is 0 Å². The molecule has 1 aliphatic heterocycles. The number of hydrogen-bond acceptors (Lipinski definition) is 3. The predicted octanol–water partition coefficient (Wildman–Crippen LogP) is 1.96. The minimum absolute atomic E-state index is 0.399. The number of nitrogens with two attached hydrogens (primary N) is 1. The molecule has 0 bridgehead atoms. The number of carbonyl (C=O) groups is 1. The third-order valence-corrected chi connectivity index (χ3v) is 3.78. The molecule has 1 heterocycles. The Morgan fingerprint density at radius 1 is 1.44 bits per heavy atom. The van der Waals surface area contributed by atoms with Crippen molar-refractivity contribution in [2.75, 3.05) is 25.0 Å². The van der Waals surface area contributed by atoms with E-state index in [1.165, 1.54) is 12.8 Å². The Bertz CT molecular complexity index is 430. The van der Waals surface area contributed by atoms with Gasteiger partial charge in [0.05, 0.1) is 5.56 Å². The second kappa shape index (κ2) is 6.20. The van der Waals surface area contributed by atoms with Gasteiger partial charge in [-0.15, -0.1) is 0 Å². The van der Waals surface area contributed by atoms with Crippen LogP contribution in [-0.2, 0) is 0 Å². The quantitative estimate of drug-likeness (QED) is 0.796. The van der Waals surface area contributed by atoms with E-state index in [2.05, 4.69) is 26.6 Å². The Morgan fingerprint density at radius 2 is 2.17 bits per heavy atom. The normalized spacial score (nSPS) is 16.5. The maximum Gasteiger partial charge on any atom is 0.250 e. The molecule has 0 atom stereocenters.